The van der Waals surface area contributed by atoms with Gasteiger partial charge in [0.25, 0.3) is 0 Å². The molecular formula is C27H28N2O6. The van der Waals surface area contributed by atoms with Crippen molar-refractivity contribution in [3.05, 3.63) is 70.8 Å². The number of hydrogen-bond donors (Lipinski definition) is 3. The number of nitrogens with zero attached hydrogens (tertiary/aromatic N) is 1. The van der Waals surface area contributed by atoms with Crippen molar-refractivity contribution in [1.82, 2.24) is 10.2 Å². The van der Waals surface area contributed by atoms with Crippen LogP contribution in [0.1, 0.15) is 54.0 Å². The third kappa shape index (κ3) is 4.07. The van der Waals surface area contributed by atoms with E-state index < -0.39 is 41.3 Å². The molecule has 0 aromatic heterocycles. The molecule has 0 unspecified atom stereocenters. The zero-order chi connectivity index (χ0) is 24.7. The van der Waals surface area contributed by atoms with Crippen molar-refractivity contribution in [2.45, 2.75) is 63.1 Å². The van der Waals surface area contributed by atoms with Crippen molar-refractivity contribution in [2.24, 2.45) is 5.41 Å². The molecule has 2 aromatic rings. The van der Waals surface area contributed by atoms with Gasteiger partial charge < -0.3 is 20.4 Å². The Morgan fingerprint density at radius 2 is 1.57 bits per heavy atom. The van der Waals surface area contributed by atoms with Crippen molar-refractivity contribution >= 4 is 23.8 Å². The molecule has 0 radical (unpaired) electrons. The highest BCUT2D eigenvalue weighted by Gasteiger charge is 2.49. The van der Waals surface area contributed by atoms with Crippen molar-refractivity contribution in [1.29, 1.82) is 0 Å². The molecule has 0 spiro atoms. The van der Waals surface area contributed by atoms with Crippen molar-refractivity contribution in [2.75, 3.05) is 0 Å². The van der Waals surface area contributed by atoms with Crippen molar-refractivity contribution in [3.8, 4) is 0 Å². The number of nitrogens with one attached hydrogen (secondary N) is 1. The van der Waals surface area contributed by atoms with Gasteiger partial charge in [-0.3, -0.25) is 14.4 Å². The van der Waals surface area contributed by atoms with Gasteiger partial charge in [0.1, 0.15) is 12.1 Å². The zero-order valence-electron chi connectivity index (χ0n) is 19.3. The first-order chi connectivity index (χ1) is 16.8. The van der Waals surface area contributed by atoms with Crippen LogP contribution in [-0.4, -0.2) is 50.9 Å². The normalized spacial score (nSPS) is 24.5. The first-order valence-electron chi connectivity index (χ1n) is 12.0. The SMILES string of the molecule is O=C(O)CC1(C(=O)N[C@H]2Cc3ccccc3[C@H]3CCC[C@@H](C(=O)O)N3C2=O)Cc2ccccc2C1. The van der Waals surface area contributed by atoms with Gasteiger partial charge in [0.2, 0.25) is 11.8 Å². The molecule has 2 aromatic carbocycles. The Hall–Kier alpha value is -3.68. The van der Waals surface area contributed by atoms with E-state index in [0.717, 1.165) is 22.3 Å². The fourth-order valence-corrected chi connectivity index (χ4v) is 6.16. The molecule has 182 valence electrons. The minimum absolute atomic E-state index is 0.232. The lowest BCUT2D eigenvalue weighted by molar-refractivity contribution is -0.156. The molecule has 1 saturated heterocycles. The molecule has 35 heavy (non-hydrogen) atoms. The predicted molar refractivity (Wildman–Crippen MR) is 125 cm³/mol. The van der Waals surface area contributed by atoms with E-state index in [2.05, 4.69) is 5.32 Å². The van der Waals surface area contributed by atoms with Gasteiger partial charge in [0.15, 0.2) is 0 Å². The summed E-state index contributed by atoms with van der Waals surface area (Å²) in [5, 5.41) is 22.4. The highest BCUT2D eigenvalue weighted by Crippen LogP contribution is 2.42. The van der Waals surface area contributed by atoms with Crippen LogP contribution in [0.4, 0.5) is 0 Å². The summed E-state index contributed by atoms with van der Waals surface area (Å²) in [4.78, 5) is 52.8. The van der Waals surface area contributed by atoms with Crippen LogP contribution in [0.3, 0.4) is 0 Å². The zero-order valence-corrected chi connectivity index (χ0v) is 19.3. The van der Waals surface area contributed by atoms with Crippen molar-refractivity contribution in [3.63, 3.8) is 0 Å². The van der Waals surface area contributed by atoms with E-state index in [-0.39, 0.29) is 31.7 Å². The summed E-state index contributed by atoms with van der Waals surface area (Å²) >= 11 is 0. The number of amides is 2. The van der Waals surface area contributed by atoms with Crippen LogP contribution in [-0.2, 0) is 38.4 Å². The molecule has 1 fully saturated rings. The lowest BCUT2D eigenvalue weighted by atomic mass is 9.80. The molecule has 2 aliphatic heterocycles. The van der Waals surface area contributed by atoms with Gasteiger partial charge in [-0.15, -0.1) is 0 Å². The summed E-state index contributed by atoms with van der Waals surface area (Å²) in [5.41, 5.74) is 2.48. The summed E-state index contributed by atoms with van der Waals surface area (Å²) in [6.07, 6.45) is 2.15. The van der Waals surface area contributed by atoms with E-state index in [1.54, 1.807) is 0 Å². The van der Waals surface area contributed by atoms with Crippen molar-refractivity contribution < 1.29 is 29.4 Å². The second kappa shape index (κ2) is 8.83. The predicted octanol–water partition coefficient (Wildman–Crippen LogP) is 2.49. The van der Waals surface area contributed by atoms with Crippen LogP contribution in [0.5, 0.6) is 0 Å². The largest absolute Gasteiger partial charge is 0.481 e. The smallest absolute Gasteiger partial charge is 0.326 e. The Kier molecular flexibility index (Phi) is 5.83. The van der Waals surface area contributed by atoms with Gasteiger partial charge in [-0.05, 0) is 54.4 Å². The molecule has 3 N–H and O–H groups in total. The third-order valence-electron chi connectivity index (χ3n) is 7.76. The van der Waals surface area contributed by atoms with Crippen LogP contribution < -0.4 is 5.32 Å². The van der Waals surface area contributed by atoms with Gasteiger partial charge in [-0.1, -0.05) is 48.5 Å². The van der Waals surface area contributed by atoms with Crippen LogP contribution in [0.2, 0.25) is 0 Å². The number of carboxylic acids is 2. The minimum atomic E-state index is -1.20. The van der Waals surface area contributed by atoms with Crippen LogP contribution in [0.15, 0.2) is 48.5 Å². The van der Waals surface area contributed by atoms with Gasteiger partial charge in [0, 0.05) is 6.42 Å². The average Bonchev–Trinajstić information content (AvgIpc) is 3.16. The monoisotopic (exact) mass is 476 g/mol. The Labute approximate surface area is 202 Å². The van der Waals surface area contributed by atoms with E-state index >= 15 is 0 Å². The molecule has 2 amide bonds. The Morgan fingerprint density at radius 1 is 0.943 bits per heavy atom. The van der Waals surface area contributed by atoms with Gasteiger partial charge >= 0.3 is 11.9 Å². The Morgan fingerprint density at radius 3 is 2.20 bits per heavy atom. The summed E-state index contributed by atoms with van der Waals surface area (Å²) in [6, 6.07) is 12.8. The summed E-state index contributed by atoms with van der Waals surface area (Å²) in [7, 11) is 0. The highest BCUT2D eigenvalue weighted by atomic mass is 16.4. The Balaban J connectivity index is 1.49. The maximum atomic E-state index is 13.8. The molecular weight excluding hydrogens is 448 g/mol. The molecule has 0 bridgehead atoms. The van der Waals surface area contributed by atoms with Crippen LogP contribution in [0.25, 0.3) is 0 Å². The first kappa shape index (κ1) is 23.1. The number of aliphatic carboxylic acids is 2. The van der Waals surface area contributed by atoms with E-state index in [1.807, 2.05) is 48.5 Å². The molecule has 8 heteroatoms. The topological polar surface area (TPSA) is 124 Å². The number of carbonyl (C=O) groups is 4. The molecule has 3 atom stereocenters. The van der Waals surface area contributed by atoms with Gasteiger partial charge in [-0.25, -0.2) is 4.79 Å². The quantitative estimate of drug-likeness (QED) is 0.609. The molecule has 5 rings (SSSR count). The van der Waals surface area contributed by atoms with E-state index in [1.165, 1.54) is 4.90 Å². The van der Waals surface area contributed by atoms with Gasteiger partial charge in [-0.2, -0.15) is 0 Å². The lowest BCUT2D eigenvalue weighted by Crippen LogP contribution is -2.57. The fraction of sp³-hybridized carbons (Fsp3) is 0.407. The van der Waals surface area contributed by atoms with Gasteiger partial charge in [0.05, 0.1) is 17.9 Å². The van der Waals surface area contributed by atoms with Crippen LogP contribution >= 0.6 is 0 Å². The molecule has 1 aliphatic carbocycles. The maximum Gasteiger partial charge on any atom is 0.326 e. The summed E-state index contributed by atoms with van der Waals surface area (Å²) < 4.78 is 0. The van der Waals surface area contributed by atoms with Crippen LogP contribution in [0, 0.1) is 5.41 Å². The summed E-state index contributed by atoms with van der Waals surface area (Å²) in [5.74, 6) is -3.03. The highest BCUT2D eigenvalue weighted by molar-refractivity contribution is 5.95. The van der Waals surface area contributed by atoms with E-state index in [9.17, 15) is 29.4 Å². The number of fused-ring (bicyclic) bond motifs is 4. The molecule has 8 nitrogen and oxygen atoms in total. The fourth-order valence-electron chi connectivity index (χ4n) is 6.16. The molecule has 2 heterocycles. The Bertz CT molecular complexity index is 1180. The number of hydrogen-bond acceptors (Lipinski definition) is 4. The maximum absolute atomic E-state index is 13.8. The number of carbonyl (C=O) groups excluding carboxylic acids is 2. The number of benzene rings is 2. The van der Waals surface area contributed by atoms with E-state index in [0.29, 0.717) is 19.3 Å². The van der Waals surface area contributed by atoms with E-state index in [4.69, 9.17) is 0 Å². The second-order valence-corrected chi connectivity index (χ2v) is 9.95. The third-order valence-corrected chi connectivity index (χ3v) is 7.76. The standard InChI is InChI=1S/C27H28N2O6/c30-23(31)15-27(13-17-7-1-2-8-18(17)14-27)26(35)28-20-12-16-6-3-4-9-19(16)21-10-5-11-22(25(33)34)29(21)24(20)32/h1-4,6-9,20-22H,5,10-15H2,(H,28,35)(H,30,31)(H,33,34)/t20-,21+,22-/m0/s1. The first-order valence-corrected chi connectivity index (χ1v) is 12.0. The number of piperidine rings is 1. The summed E-state index contributed by atoms with van der Waals surface area (Å²) in [6.45, 7) is 0. The number of carboxylic acid groups (broad SMARTS) is 2. The lowest BCUT2D eigenvalue weighted by Gasteiger charge is -2.41. The molecule has 0 saturated carbocycles. The minimum Gasteiger partial charge on any atom is -0.481 e. The number of rotatable bonds is 5. The molecule has 3 aliphatic rings. The average molecular weight is 477 g/mol. The second-order valence-electron chi connectivity index (χ2n) is 9.95.